The average molecular weight is 166 g/mol. The van der Waals surface area contributed by atoms with Gasteiger partial charge in [0.15, 0.2) is 0 Å². The molecule has 0 N–H and O–H groups in total. The Bertz CT molecular complexity index is 173. The molecule has 0 bridgehead atoms. The molecule has 0 spiro atoms. The predicted octanol–water partition coefficient (Wildman–Crippen LogP) is 0.138. The molecule has 0 amide bonds. The third kappa shape index (κ3) is 4.72. The molecule has 10 heavy (non-hydrogen) atoms. The van der Waals surface area contributed by atoms with E-state index in [0.717, 1.165) is 0 Å². The maximum absolute atomic E-state index is 10.5. The van der Waals surface area contributed by atoms with Crippen molar-refractivity contribution in [3.63, 3.8) is 0 Å². The molecule has 1 radical (unpaired) electrons. The van der Waals surface area contributed by atoms with Crippen LogP contribution in [0.25, 0.3) is 0 Å². The summed E-state index contributed by atoms with van der Waals surface area (Å²) in [7, 11) is -2.40. The zero-order valence-corrected chi connectivity index (χ0v) is 7.18. The van der Waals surface area contributed by atoms with E-state index in [1.165, 1.54) is 7.05 Å². The van der Waals surface area contributed by atoms with Gasteiger partial charge in [-0.1, -0.05) is 18.6 Å². The highest BCUT2D eigenvalue weighted by Gasteiger charge is 2.08. The maximum Gasteiger partial charge on any atom is 0.352 e. The first-order valence-electron chi connectivity index (χ1n) is 2.98. The molecule has 61 valence electrons. The van der Waals surface area contributed by atoms with Crippen molar-refractivity contribution < 1.29 is 12.6 Å². The summed E-state index contributed by atoms with van der Waals surface area (Å²) in [6.45, 7) is 3.93. The molecule has 0 saturated heterocycles. The first kappa shape index (κ1) is 9.87. The normalized spacial score (nSPS) is 12.4. The second kappa shape index (κ2) is 3.90. The molecule has 0 rings (SSSR count). The highest BCUT2D eigenvalue weighted by molar-refractivity contribution is 7.84. The lowest BCUT2D eigenvalue weighted by molar-refractivity contribution is 0.271. The van der Waals surface area contributed by atoms with Crippen LogP contribution in [0.15, 0.2) is 0 Å². The van der Waals surface area contributed by atoms with Crippen LogP contribution in [0.4, 0.5) is 0 Å². The lowest BCUT2D eigenvalue weighted by atomic mass is 10.2. The number of hydrogen-bond donors (Lipinski definition) is 0. The van der Waals surface area contributed by atoms with Gasteiger partial charge in [0.1, 0.15) is 0 Å². The summed E-state index contributed by atoms with van der Waals surface area (Å²) < 4.78 is 28.5. The highest BCUT2D eigenvalue weighted by atomic mass is 32.2. The lowest BCUT2D eigenvalue weighted by Crippen LogP contribution is -2.17. The number of hydrogen-bond acceptors (Lipinski definition) is 3. The van der Waals surface area contributed by atoms with E-state index in [4.69, 9.17) is 0 Å². The fraction of sp³-hybridized carbons (Fsp3) is 1.00. The van der Waals surface area contributed by atoms with Crippen molar-refractivity contribution in [1.82, 2.24) is 4.72 Å². The quantitative estimate of drug-likeness (QED) is 0.596. The first-order chi connectivity index (χ1) is 4.48. The van der Waals surface area contributed by atoms with Crippen LogP contribution in [0.1, 0.15) is 13.8 Å². The van der Waals surface area contributed by atoms with Gasteiger partial charge in [-0.25, -0.2) is 0 Å². The molecular formula is C5H12NO3S. The Morgan fingerprint density at radius 1 is 1.50 bits per heavy atom. The van der Waals surface area contributed by atoms with Crippen LogP contribution in [0, 0.1) is 5.92 Å². The second-order valence-electron chi connectivity index (χ2n) is 2.29. The summed E-state index contributed by atoms with van der Waals surface area (Å²) in [5, 5.41) is 0. The van der Waals surface area contributed by atoms with E-state index in [9.17, 15) is 8.42 Å². The molecule has 4 nitrogen and oxygen atoms in total. The summed E-state index contributed by atoms with van der Waals surface area (Å²) in [5.74, 6) is 0.205. The average Bonchev–Trinajstić information content (AvgIpc) is 1.85. The SMILES string of the molecule is C[N]S(=O)(=O)OCC(C)C. The molecule has 0 aromatic rings. The van der Waals surface area contributed by atoms with Crippen LogP contribution in [0.2, 0.25) is 0 Å². The standard InChI is InChI=1S/C5H12NO3S/c1-5(2)4-9-10(7,8)6-3/h5H,4H2,1-3H3. The minimum Gasteiger partial charge on any atom is -0.257 e. The van der Waals surface area contributed by atoms with Gasteiger partial charge in [0.25, 0.3) is 0 Å². The first-order valence-corrected chi connectivity index (χ1v) is 4.35. The van der Waals surface area contributed by atoms with Gasteiger partial charge in [0, 0.05) is 7.05 Å². The summed E-state index contributed by atoms with van der Waals surface area (Å²) in [6.07, 6.45) is 0. The van der Waals surface area contributed by atoms with Crippen LogP contribution in [-0.2, 0) is 14.5 Å². The largest absolute Gasteiger partial charge is 0.352 e. The zero-order valence-electron chi connectivity index (χ0n) is 6.36. The second-order valence-corrected chi connectivity index (χ2v) is 3.74. The molecule has 0 heterocycles. The van der Waals surface area contributed by atoms with Gasteiger partial charge in [-0.2, -0.15) is 8.42 Å². The van der Waals surface area contributed by atoms with Gasteiger partial charge >= 0.3 is 10.3 Å². The summed E-state index contributed by atoms with van der Waals surface area (Å²) in [5.41, 5.74) is 0. The van der Waals surface area contributed by atoms with Crippen molar-refractivity contribution in [2.75, 3.05) is 13.7 Å². The summed E-state index contributed by atoms with van der Waals surface area (Å²) >= 11 is 0. The van der Waals surface area contributed by atoms with Gasteiger partial charge in [-0.15, -0.1) is 0 Å². The Balaban J connectivity index is 3.70. The van der Waals surface area contributed by atoms with Crippen molar-refractivity contribution in [2.24, 2.45) is 5.92 Å². The third-order valence-electron chi connectivity index (χ3n) is 0.774. The topological polar surface area (TPSA) is 57.5 Å². The van der Waals surface area contributed by atoms with E-state index < -0.39 is 10.3 Å². The van der Waals surface area contributed by atoms with Crippen LogP contribution < -0.4 is 4.72 Å². The fourth-order valence-electron chi connectivity index (χ4n) is 0.275. The van der Waals surface area contributed by atoms with Gasteiger partial charge in [0.05, 0.1) is 6.61 Å². The lowest BCUT2D eigenvalue weighted by Gasteiger charge is -2.03. The minimum atomic E-state index is -3.59. The minimum absolute atomic E-state index is 0.194. The predicted molar refractivity (Wildman–Crippen MR) is 37.8 cm³/mol. The molecule has 0 aromatic carbocycles. The summed E-state index contributed by atoms with van der Waals surface area (Å²) in [6, 6.07) is 0. The maximum atomic E-state index is 10.5. The van der Waals surface area contributed by atoms with Crippen molar-refractivity contribution in [3.05, 3.63) is 0 Å². The molecule has 0 atom stereocenters. The van der Waals surface area contributed by atoms with Crippen molar-refractivity contribution >= 4 is 10.3 Å². The third-order valence-corrected chi connectivity index (χ3v) is 1.66. The van der Waals surface area contributed by atoms with E-state index in [0.29, 0.717) is 0 Å². The zero-order chi connectivity index (χ0) is 8.20. The smallest absolute Gasteiger partial charge is 0.257 e. The van der Waals surface area contributed by atoms with Crippen molar-refractivity contribution in [3.8, 4) is 0 Å². The molecular weight excluding hydrogens is 154 g/mol. The fourth-order valence-corrected chi connectivity index (χ4v) is 0.824. The molecule has 0 aliphatic heterocycles. The van der Waals surface area contributed by atoms with E-state index in [-0.39, 0.29) is 12.5 Å². The summed E-state index contributed by atoms with van der Waals surface area (Å²) in [4.78, 5) is 0. The Morgan fingerprint density at radius 2 is 2.00 bits per heavy atom. The molecule has 5 heteroatoms. The van der Waals surface area contributed by atoms with Gasteiger partial charge in [0.2, 0.25) is 0 Å². The monoisotopic (exact) mass is 166 g/mol. The molecule has 0 aromatic heterocycles. The Hall–Kier alpha value is -0.130. The molecule has 0 saturated carbocycles. The van der Waals surface area contributed by atoms with E-state index in [1.54, 1.807) is 0 Å². The van der Waals surface area contributed by atoms with Crippen LogP contribution >= 0.6 is 0 Å². The van der Waals surface area contributed by atoms with E-state index >= 15 is 0 Å². The van der Waals surface area contributed by atoms with E-state index in [1.807, 2.05) is 13.8 Å². The molecule has 0 aliphatic carbocycles. The van der Waals surface area contributed by atoms with Crippen molar-refractivity contribution in [2.45, 2.75) is 13.8 Å². The van der Waals surface area contributed by atoms with Gasteiger partial charge in [-0.05, 0) is 5.92 Å². The van der Waals surface area contributed by atoms with Crippen LogP contribution in [0.5, 0.6) is 0 Å². The van der Waals surface area contributed by atoms with Crippen molar-refractivity contribution in [1.29, 1.82) is 0 Å². The number of rotatable bonds is 4. The van der Waals surface area contributed by atoms with E-state index in [2.05, 4.69) is 8.91 Å². The molecule has 0 unspecified atom stereocenters. The van der Waals surface area contributed by atoms with Crippen LogP contribution in [0.3, 0.4) is 0 Å². The molecule has 0 aliphatic rings. The van der Waals surface area contributed by atoms with Crippen LogP contribution in [-0.4, -0.2) is 22.1 Å². The Kier molecular flexibility index (Phi) is 3.85. The number of nitrogens with zero attached hydrogens (tertiary/aromatic N) is 1. The van der Waals surface area contributed by atoms with Gasteiger partial charge < -0.3 is 0 Å². The highest BCUT2D eigenvalue weighted by Crippen LogP contribution is 1.96. The Morgan fingerprint density at radius 3 is 2.30 bits per heavy atom. The molecule has 0 fully saturated rings. The Labute approximate surface area is 61.8 Å². The van der Waals surface area contributed by atoms with Gasteiger partial charge in [-0.3, -0.25) is 4.18 Å².